The second-order valence-electron chi connectivity index (χ2n) is 5.36. The highest BCUT2D eigenvalue weighted by molar-refractivity contribution is 5.51. The van der Waals surface area contributed by atoms with Crippen LogP contribution in [0.5, 0.6) is 0 Å². The highest BCUT2D eigenvalue weighted by atomic mass is 15.3. The molecule has 1 aliphatic rings. The van der Waals surface area contributed by atoms with Crippen molar-refractivity contribution in [2.24, 2.45) is 0 Å². The molecule has 0 atom stereocenters. The topological polar surface area (TPSA) is 42.7 Å². The minimum absolute atomic E-state index is 0.754. The van der Waals surface area contributed by atoms with Gasteiger partial charge in [0.1, 0.15) is 5.82 Å². The van der Waals surface area contributed by atoms with Gasteiger partial charge in [0.15, 0.2) is 5.82 Å². The lowest BCUT2D eigenvalue weighted by molar-refractivity contribution is 0.610. The third-order valence-corrected chi connectivity index (χ3v) is 4.02. The lowest BCUT2D eigenvalue weighted by Crippen LogP contribution is -2.11. The third-order valence-electron chi connectivity index (χ3n) is 4.02. The predicted molar refractivity (Wildman–Crippen MR) is 80.7 cm³/mol. The molecule has 0 unspecified atom stereocenters. The zero-order chi connectivity index (χ0) is 13.8. The van der Waals surface area contributed by atoms with Crippen LogP contribution in [0, 0.1) is 0 Å². The van der Waals surface area contributed by atoms with Gasteiger partial charge in [-0.15, -0.1) is 10.2 Å². The molecule has 4 nitrogen and oxygen atoms in total. The van der Waals surface area contributed by atoms with Crippen molar-refractivity contribution in [2.45, 2.75) is 52.1 Å². The second-order valence-corrected chi connectivity index (χ2v) is 5.36. The predicted octanol–water partition coefficient (Wildman–Crippen LogP) is 3.18. The summed E-state index contributed by atoms with van der Waals surface area (Å²) in [7, 11) is 0. The smallest absolute Gasteiger partial charge is 0.152 e. The van der Waals surface area contributed by atoms with Gasteiger partial charge in [0, 0.05) is 18.7 Å². The van der Waals surface area contributed by atoms with Gasteiger partial charge in [-0.3, -0.25) is 0 Å². The van der Waals surface area contributed by atoms with Gasteiger partial charge in [0.25, 0.3) is 0 Å². The molecule has 106 valence electrons. The van der Waals surface area contributed by atoms with Gasteiger partial charge >= 0.3 is 0 Å². The number of fused-ring (bicyclic) bond motifs is 1. The number of hydrogen-bond donors (Lipinski definition) is 1. The maximum atomic E-state index is 4.36. The molecule has 0 saturated heterocycles. The maximum Gasteiger partial charge on any atom is 0.152 e. The molecule has 0 fully saturated rings. The van der Waals surface area contributed by atoms with E-state index in [1.54, 1.807) is 0 Å². The summed E-state index contributed by atoms with van der Waals surface area (Å²) >= 11 is 0. The zero-order valence-electron chi connectivity index (χ0n) is 12.1. The van der Waals surface area contributed by atoms with E-state index >= 15 is 0 Å². The molecule has 20 heavy (non-hydrogen) atoms. The minimum Gasteiger partial charge on any atom is -0.378 e. The third kappa shape index (κ3) is 2.69. The molecule has 0 amide bonds. The molecule has 2 heterocycles. The van der Waals surface area contributed by atoms with Crippen molar-refractivity contribution in [1.82, 2.24) is 14.8 Å². The Balaban J connectivity index is 1.74. The van der Waals surface area contributed by atoms with E-state index in [0.29, 0.717) is 0 Å². The summed E-state index contributed by atoms with van der Waals surface area (Å²) in [6, 6.07) is 8.48. The van der Waals surface area contributed by atoms with Gasteiger partial charge in [0.2, 0.25) is 0 Å². The van der Waals surface area contributed by atoms with Crippen LogP contribution in [-0.4, -0.2) is 14.8 Å². The molecule has 1 aliphatic heterocycles. The second kappa shape index (κ2) is 6.07. The van der Waals surface area contributed by atoms with Crippen molar-refractivity contribution in [3.63, 3.8) is 0 Å². The average Bonchev–Trinajstić information content (AvgIpc) is 2.72. The number of benzene rings is 1. The summed E-state index contributed by atoms with van der Waals surface area (Å²) < 4.78 is 2.30. The van der Waals surface area contributed by atoms with Crippen LogP contribution in [-0.2, 0) is 25.9 Å². The van der Waals surface area contributed by atoms with Gasteiger partial charge in [-0.05, 0) is 30.9 Å². The minimum atomic E-state index is 0.754. The first-order chi connectivity index (χ1) is 9.88. The Kier molecular flexibility index (Phi) is 4.00. The summed E-state index contributed by atoms with van der Waals surface area (Å²) in [4.78, 5) is 0. The Labute approximate surface area is 120 Å². The average molecular weight is 270 g/mol. The van der Waals surface area contributed by atoms with Gasteiger partial charge in [-0.2, -0.15) is 0 Å². The van der Waals surface area contributed by atoms with E-state index in [9.17, 15) is 0 Å². The first kappa shape index (κ1) is 13.2. The molecule has 1 aromatic heterocycles. The number of nitrogens with zero attached hydrogens (tertiary/aromatic N) is 3. The molecule has 0 aliphatic carbocycles. The maximum absolute atomic E-state index is 4.36. The normalized spacial score (nSPS) is 14.7. The van der Waals surface area contributed by atoms with E-state index < -0.39 is 0 Å². The number of hydrogen-bond acceptors (Lipinski definition) is 3. The molecule has 4 heteroatoms. The van der Waals surface area contributed by atoms with Crippen LogP contribution in [0.4, 0.5) is 5.69 Å². The molecule has 1 N–H and O–H groups in total. The van der Waals surface area contributed by atoms with Crippen molar-refractivity contribution in [1.29, 1.82) is 0 Å². The lowest BCUT2D eigenvalue weighted by Gasteiger charge is -2.11. The number of para-hydroxylation sites is 1. The van der Waals surface area contributed by atoms with Crippen molar-refractivity contribution in [2.75, 3.05) is 5.32 Å². The van der Waals surface area contributed by atoms with Gasteiger partial charge in [0.05, 0.1) is 6.54 Å². The lowest BCUT2D eigenvalue weighted by atomic mass is 10.1. The Morgan fingerprint density at radius 2 is 2.05 bits per heavy atom. The van der Waals surface area contributed by atoms with Crippen molar-refractivity contribution in [3.05, 3.63) is 41.5 Å². The van der Waals surface area contributed by atoms with Crippen molar-refractivity contribution < 1.29 is 0 Å². The first-order valence-electron chi connectivity index (χ1n) is 7.61. The molecule has 0 radical (unpaired) electrons. The molecule has 3 rings (SSSR count). The first-order valence-corrected chi connectivity index (χ1v) is 7.61. The van der Waals surface area contributed by atoms with Crippen LogP contribution in [0.2, 0.25) is 0 Å². The quantitative estimate of drug-likeness (QED) is 0.928. The molecular formula is C16H22N4. The Morgan fingerprint density at radius 3 is 2.95 bits per heavy atom. The monoisotopic (exact) mass is 270 g/mol. The van der Waals surface area contributed by atoms with E-state index in [4.69, 9.17) is 0 Å². The Bertz CT molecular complexity index is 574. The number of aromatic nitrogens is 3. The van der Waals surface area contributed by atoms with E-state index in [-0.39, 0.29) is 0 Å². The number of aryl methyl sites for hydroxylation is 2. The van der Waals surface area contributed by atoms with E-state index in [2.05, 4.69) is 51.3 Å². The van der Waals surface area contributed by atoms with E-state index in [1.807, 2.05) is 0 Å². The van der Waals surface area contributed by atoms with Gasteiger partial charge in [-0.1, -0.05) is 31.5 Å². The molecular weight excluding hydrogens is 248 g/mol. The number of anilines is 1. The van der Waals surface area contributed by atoms with Crippen LogP contribution < -0.4 is 5.32 Å². The van der Waals surface area contributed by atoms with Crippen LogP contribution in [0.25, 0.3) is 0 Å². The van der Waals surface area contributed by atoms with Crippen LogP contribution in [0.15, 0.2) is 24.3 Å². The number of rotatable bonds is 4. The Morgan fingerprint density at radius 1 is 1.15 bits per heavy atom. The summed E-state index contributed by atoms with van der Waals surface area (Å²) in [5.74, 6) is 2.22. The van der Waals surface area contributed by atoms with Gasteiger partial charge in [-0.25, -0.2) is 0 Å². The fourth-order valence-corrected chi connectivity index (χ4v) is 2.85. The summed E-state index contributed by atoms with van der Waals surface area (Å²) in [6.45, 7) is 4.00. The van der Waals surface area contributed by atoms with Gasteiger partial charge < -0.3 is 9.88 Å². The van der Waals surface area contributed by atoms with Crippen molar-refractivity contribution >= 4 is 5.69 Å². The molecule has 0 saturated carbocycles. The summed E-state index contributed by atoms with van der Waals surface area (Å²) in [5.41, 5.74) is 2.56. The van der Waals surface area contributed by atoms with Crippen LogP contribution in [0.1, 0.15) is 43.4 Å². The SMILES string of the molecule is CCc1ccccc1NCc1nnc2n1CCCCC2. The van der Waals surface area contributed by atoms with E-state index in [1.165, 1.54) is 30.5 Å². The molecule has 1 aromatic carbocycles. The highest BCUT2D eigenvalue weighted by Gasteiger charge is 2.14. The zero-order valence-corrected chi connectivity index (χ0v) is 12.1. The highest BCUT2D eigenvalue weighted by Crippen LogP contribution is 2.18. The fraction of sp³-hybridized carbons (Fsp3) is 0.500. The van der Waals surface area contributed by atoms with Crippen LogP contribution in [0.3, 0.4) is 0 Å². The standard InChI is InChI=1S/C16H22N4/c1-2-13-8-5-6-9-14(13)17-12-16-19-18-15-10-4-3-7-11-20(15)16/h5-6,8-9,17H,2-4,7,10-12H2,1H3. The summed E-state index contributed by atoms with van der Waals surface area (Å²) in [5, 5.41) is 12.2. The molecule has 0 spiro atoms. The van der Waals surface area contributed by atoms with Crippen molar-refractivity contribution in [3.8, 4) is 0 Å². The van der Waals surface area contributed by atoms with Crippen LogP contribution >= 0.6 is 0 Å². The number of nitrogens with one attached hydrogen (secondary N) is 1. The Hall–Kier alpha value is -1.84. The van der Waals surface area contributed by atoms with E-state index in [0.717, 1.165) is 37.6 Å². The molecule has 0 bridgehead atoms. The largest absolute Gasteiger partial charge is 0.378 e. The summed E-state index contributed by atoms with van der Waals surface area (Å²) in [6.07, 6.45) is 5.89. The fourth-order valence-electron chi connectivity index (χ4n) is 2.85. The molecule has 2 aromatic rings.